The number of carboxylic acid groups (broad SMARTS) is 1. The van der Waals surface area contributed by atoms with Crippen molar-refractivity contribution in [3.8, 4) is 0 Å². The van der Waals surface area contributed by atoms with Crippen molar-refractivity contribution in [1.29, 1.82) is 0 Å². The van der Waals surface area contributed by atoms with E-state index in [0.717, 1.165) is 0 Å². The van der Waals surface area contributed by atoms with Gasteiger partial charge in [-0.2, -0.15) is 0 Å². The molecular formula is C8H13N4O4P. The van der Waals surface area contributed by atoms with Crippen molar-refractivity contribution in [3.05, 3.63) is 11.9 Å². The summed E-state index contributed by atoms with van der Waals surface area (Å²) in [5, 5.41) is 14.3. The van der Waals surface area contributed by atoms with Crippen LogP contribution in [0.15, 0.2) is 6.20 Å². The van der Waals surface area contributed by atoms with Gasteiger partial charge in [-0.25, -0.2) is 14.9 Å². The Hall–Kier alpha value is -1.37. The second kappa shape index (κ2) is 4.87. The lowest BCUT2D eigenvalue weighted by atomic mass is 10.1. The number of anilines is 1. The zero-order valence-corrected chi connectivity index (χ0v) is 9.88. The van der Waals surface area contributed by atoms with Gasteiger partial charge in [-0.15, -0.1) is 0 Å². The molecule has 2 atom stereocenters. The summed E-state index contributed by atoms with van der Waals surface area (Å²) in [4.78, 5) is 23.3. The lowest BCUT2D eigenvalue weighted by Crippen LogP contribution is -2.33. The standard InChI is InChI=1S/C8H13N4O4P/c13-7(14)6-4-12-3-5(2-10-17(15)16)1-9-8(12)11-6/h4-5,17H,1-3H2,(H,9,11)(H,13,14)(H2,10,15,16). The van der Waals surface area contributed by atoms with E-state index in [0.29, 0.717) is 25.6 Å². The molecule has 4 N–H and O–H groups in total. The number of nitrogens with one attached hydrogen (secondary N) is 2. The van der Waals surface area contributed by atoms with Crippen LogP contribution >= 0.6 is 8.18 Å². The highest BCUT2D eigenvalue weighted by Gasteiger charge is 2.21. The fraction of sp³-hybridized carbons (Fsp3) is 0.500. The summed E-state index contributed by atoms with van der Waals surface area (Å²) in [6.45, 7) is 1.57. The number of carboxylic acids is 1. The second-order valence-corrected chi connectivity index (χ2v) is 4.80. The molecule has 8 nitrogen and oxygen atoms in total. The number of carbonyl (C=O) groups is 1. The van der Waals surface area contributed by atoms with Gasteiger partial charge in [-0.3, -0.25) is 4.57 Å². The smallest absolute Gasteiger partial charge is 0.356 e. The Labute approximate surface area is 97.6 Å². The van der Waals surface area contributed by atoms with Crippen LogP contribution in [-0.4, -0.2) is 38.6 Å². The summed E-state index contributed by atoms with van der Waals surface area (Å²) in [5.74, 6) is -0.418. The molecule has 94 valence electrons. The average Bonchev–Trinajstić information content (AvgIpc) is 2.69. The van der Waals surface area contributed by atoms with Gasteiger partial charge in [0.15, 0.2) is 5.69 Å². The van der Waals surface area contributed by atoms with E-state index >= 15 is 0 Å². The van der Waals surface area contributed by atoms with Gasteiger partial charge in [0.05, 0.1) is 0 Å². The van der Waals surface area contributed by atoms with Gasteiger partial charge in [0, 0.05) is 31.7 Å². The van der Waals surface area contributed by atoms with Crippen LogP contribution in [0.3, 0.4) is 0 Å². The maximum atomic E-state index is 10.7. The molecule has 1 aromatic rings. The van der Waals surface area contributed by atoms with Gasteiger partial charge >= 0.3 is 5.97 Å². The van der Waals surface area contributed by atoms with E-state index in [-0.39, 0.29) is 11.6 Å². The summed E-state index contributed by atoms with van der Waals surface area (Å²) in [6.07, 6.45) is 1.46. The monoisotopic (exact) mass is 260 g/mol. The molecule has 0 radical (unpaired) electrons. The number of nitrogens with zero attached hydrogens (tertiary/aromatic N) is 2. The van der Waals surface area contributed by atoms with E-state index in [1.165, 1.54) is 6.20 Å². The highest BCUT2D eigenvalue weighted by molar-refractivity contribution is 7.35. The van der Waals surface area contributed by atoms with Gasteiger partial charge in [0.25, 0.3) is 8.18 Å². The van der Waals surface area contributed by atoms with Crippen molar-refractivity contribution in [2.24, 2.45) is 5.92 Å². The minimum Gasteiger partial charge on any atom is -0.476 e. The molecule has 2 heterocycles. The molecule has 9 heteroatoms. The summed E-state index contributed by atoms with van der Waals surface area (Å²) >= 11 is 0. The van der Waals surface area contributed by atoms with E-state index in [2.05, 4.69) is 15.4 Å². The molecular weight excluding hydrogens is 247 g/mol. The predicted molar refractivity (Wildman–Crippen MR) is 60.4 cm³/mol. The zero-order chi connectivity index (χ0) is 12.4. The Kier molecular flexibility index (Phi) is 3.46. The lowest BCUT2D eigenvalue weighted by molar-refractivity contribution is 0.0691. The van der Waals surface area contributed by atoms with Crippen LogP contribution in [0.5, 0.6) is 0 Å². The number of aromatic carboxylic acids is 1. The van der Waals surface area contributed by atoms with Crippen molar-refractivity contribution in [2.75, 3.05) is 18.4 Å². The second-order valence-electron chi connectivity index (χ2n) is 3.84. The zero-order valence-electron chi connectivity index (χ0n) is 8.88. The highest BCUT2D eigenvalue weighted by Crippen LogP contribution is 2.18. The van der Waals surface area contributed by atoms with E-state index < -0.39 is 14.1 Å². The number of hydrogen-bond donors (Lipinski definition) is 4. The summed E-state index contributed by atoms with van der Waals surface area (Å²) in [5.41, 5.74) is -0.00292. The Morgan fingerprint density at radius 3 is 3.18 bits per heavy atom. The molecule has 0 amide bonds. The van der Waals surface area contributed by atoms with Gasteiger partial charge in [0.1, 0.15) is 0 Å². The molecule has 0 saturated carbocycles. The molecule has 1 aromatic heterocycles. The Bertz CT molecular complexity index is 460. The molecule has 0 fully saturated rings. The van der Waals surface area contributed by atoms with Crippen molar-refractivity contribution < 1.29 is 19.4 Å². The molecule has 1 aliphatic heterocycles. The van der Waals surface area contributed by atoms with Gasteiger partial charge in [-0.05, 0) is 0 Å². The first-order valence-corrected chi connectivity index (χ1v) is 6.43. The molecule has 2 unspecified atom stereocenters. The molecule has 0 aliphatic carbocycles. The van der Waals surface area contributed by atoms with E-state index in [9.17, 15) is 9.36 Å². The number of rotatable bonds is 4. The normalized spacial score (nSPS) is 20.4. The van der Waals surface area contributed by atoms with Crippen LogP contribution in [0.1, 0.15) is 10.5 Å². The Balaban J connectivity index is 2.03. The average molecular weight is 260 g/mol. The van der Waals surface area contributed by atoms with E-state index in [1.807, 2.05) is 0 Å². The van der Waals surface area contributed by atoms with Crippen LogP contribution in [0.25, 0.3) is 0 Å². The number of aromatic nitrogens is 2. The molecule has 17 heavy (non-hydrogen) atoms. The van der Waals surface area contributed by atoms with Crippen LogP contribution in [0.2, 0.25) is 0 Å². The number of imidazole rings is 1. The molecule has 0 saturated heterocycles. The van der Waals surface area contributed by atoms with Crippen LogP contribution in [0.4, 0.5) is 5.95 Å². The first-order valence-electron chi connectivity index (χ1n) is 5.07. The first kappa shape index (κ1) is 12.1. The van der Waals surface area contributed by atoms with Crippen LogP contribution < -0.4 is 10.4 Å². The van der Waals surface area contributed by atoms with Gasteiger partial charge < -0.3 is 19.9 Å². The predicted octanol–water partition coefficient (Wildman–Crippen LogP) is -0.405. The maximum absolute atomic E-state index is 10.7. The van der Waals surface area contributed by atoms with Crippen molar-refractivity contribution in [1.82, 2.24) is 14.6 Å². The molecule has 2 rings (SSSR count). The minimum atomic E-state index is -2.67. The Morgan fingerprint density at radius 1 is 1.76 bits per heavy atom. The van der Waals surface area contributed by atoms with Crippen LogP contribution in [0, 0.1) is 5.92 Å². The molecule has 0 bridgehead atoms. The number of hydrogen-bond acceptors (Lipinski definition) is 4. The third-order valence-electron chi connectivity index (χ3n) is 2.54. The van der Waals surface area contributed by atoms with Gasteiger partial charge in [-0.1, -0.05) is 0 Å². The number of fused-ring (bicyclic) bond motifs is 1. The summed E-state index contributed by atoms with van der Waals surface area (Å²) in [6, 6.07) is 0. The maximum Gasteiger partial charge on any atom is 0.356 e. The van der Waals surface area contributed by atoms with Crippen molar-refractivity contribution in [2.45, 2.75) is 6.54 Å². The van der Waals surface area contributed by atoms with E-state index in [1.54, 1.807) is 4.57 Å². The Morgan fingerprint density at radius 2 is 2.53 bits per heavy atom. The lowest BCUT2D eigenvalue weighted by Gasteiger charge is -2.24. The minimum absolute atomic E-state index is 0.00292. The SMILES string of the molecule is O=C(O)c1cn2c(n1)NCC(CN[PH](=O)O)C2. The molecule has 0 aromatic carbocycles. The van der Waals surface area contributed by atoms with Crippen molar-refractivity contribution >= 4 is 20.1 Å². The highest BCUT2D eigenvalue weighted by atomic mass is 31.1. The van der Waals surface area contributed by atoms with Crippen LogP contribution in [-0.2, 0) is 11.1 Å². The third-order valence-corrected chi connectivity index (χ3v) is 3.05. The largest absolute Gasteiger partial charge is 0.476 e. The quantitative estimate of drug-likeness (QED) is 0.544. The fourth-order valence-electron chi connectivity index (χ4n) is 1.75. The van der Waals surface area contributed by atoms with E-state index in [4.69, 9.17) is 10.00 Å². The third kappa shape index (κ3) is 2.85. The first-order chi connectivity index (χ1) is 8.06. The summed E-state index contributed by atoms with van der Waals surface area (Å²) < 4.78 is 12.2. The topological polar surface area (TPSA) is 116 Å². The molecule has 0 spiro atoms. The fourth-order valence-corrected chi connectivity index (χ4v) is 2.21. The van der Waals surface area contributed by atoms with Gasteiger partial charge in [0.2, 0.25) is 5.95 Å². The molecule has 1 aliphatic rings. The van der Waals surface area contributed by atoms with Crippen molar-refractivity contribution in [3.63, 3.8) is 0 Å². The summed E-state index contributed by atoms with van der Waals surface area (Å²) in [7, 11) is -2.67.